The van der Waals surface area contributed by atoms with Gasteiger partial charge in [-0.1, -0.05) is 31.2 Å². The number of aromatic amines is 1. The van der Waals surface area contributed by atoms with Crippen molar-refractivity contribution in [2.75, 3.05) is 0 Å². The summed E-state index contributed by atoms with van der Waals surface area (Å²) in [4.78, 5) is 11.0. The molecule has 1 aromatic carbocycles. The highest BCUT2D eigenvalue weighted by molar-refractivity contribution is 5.76. The molecule has 4 heteroatoms. The largest absolute Gasteiger partial charge is 0.369 e. The maximum absolute atomic E-state index is 11.0. The number of amides is 1. The summed E-state index contributed by atoms with van der Waals surface area (Å²) in [5, 5.41) is 6.70. The summed E-state index contributed by atoms with van der Waals surface area (Å²) in [7, 11) is 0. The molecule has 1 atom stereocenters. The lowest BCUT2D eigenvalue weighted by atomic mass is 9.98. The van der Waals surface area contributed by atoms with Crippen molar-refractivity contribution < 1.29 is 4.79 Å². The highest BCUT2D eigenvalue weighted by atomic mass is 16.1. The van der Waals surface area contributed by atoms with E-state index in [1.807, 2.05) is 31.3 Å². The Morgan fingerprint density at radius 2 is 2.29 bits per heavy atom. The number of primary amides is 1. The van der Waals surface area contributed by atoms with E-state index in [2.05, 4.69) is 16.3 Å². The number of aromatic nitrogens is 2. The third-order valence-electron chi connectivity index (χ3n) is 2.79. The van der Waals surface area contributed by atoms with Crippen molar-refractivity contribution in [3.05, 3.63) is 42.2 Å². The summed E-state index contributed by atoms with van der Waals surface area (Å²) < 4.78 is 0. The second-order valence-corrected chi connectivity index (χ2v) is 4.19. The monoisotopic (exact) mass is 229 g/mol. The standard InChI is InChI=1S/C13H15N3O/c1-9(13(14)17)5-10-3-2-4-11(6-10)12-7-15-16-8-12/h2-4,6-9H,5H2,1H3,(H2,14,17)(H,15,16)/t9-/m1/s1. The first-order valence-electron chi connectivity index (χ1n) is 5.54. The van der Waals surface area contributed by atoms with E-state index in [1.165, 1.54) is 0 Å². The molecule has 1 aromatic heterocycles. The van der Waals surface area contributed by atoms with Crippen molar-refractivity contribution in [3.63, 3.8) is 0 Å². The van der Waals surface area contributed by atoms with Gasteiger partial charge in [-0.25, -0.2) is 0 Å². The normalized spacial score (nSPS) is 12.3. The molecule has 88 valence electrons. The molecule has 4 nitrogen and oxygen atoms in total. The van der Waals surface area contributed by atoms with Crippen LogP contribution in [-0.2, 0) is 11.2 Å². The molecule has 0 aliphatic rings. The fourth-order valence-electron chi connectivity index (χ4n) is 1.74. The van der Waals surface area contributed by atoms with E-state index in [0.29, 0.717) is 6.42 Å². The van der Waals surface area contributed by atoms with Crippen LogP contribution in [0.1, 0.15) is 12.5 Å². The van der Waals surface area contributed by atoms with Crippen LogP contribution in [0.5, 0.6) is 0 Å². The van der Waals surface area contributed by atoms with Gasteiger partial charge in [0, 0.05) is 17.7 Å². The van der Waals surface area contributed by atoms with Crippen molar-refractivity contribution in [1.29, 1.82) is 0 Å². The van der Waals surface area contributed by atoms with Gasteiger partial charge < -0.3 is 5.73 Å². The summed E-state index contributed by atoms with van der Waals surface area (Å²) in [5.41, 5.74) is 8.50. The van der Waals surface area contributed by atoms with Gasteiger partial charge in [-0.05, 0) is 17.5 Å². The fourth-order valence-corrected chi connectivity index (χ4v) is 1.74. The molecular weight excluding hydrogens is 214 g/mol. The fraction of sp³-hybridized carbons (Fsp3) is 0.231. The molecule has 0 fully saturated rings. The molecule has 0 aliphatic carbocycles. The molecule has 0 saturated carbocycles. The van der Waals surface area contributed by atoms with Gasteiger partial charge in [-0.3, -0.25) is 9.89 Å². The maximum atomic E-state index is 11.0. The Morgan fingerprint density at radius 1 is 1.47 bits per heavy atom. The predicted octanol–water partition coefficient (Wildman–Crippen LogP) is 1.74. The maximum Gasteiger partial charge on any atom is 0.220 e. The van der Waals surface area contributed by atoms with Crippen LogP contribution in [0.3, 0.4) is 0 Å². The summed E-state index contributed by atoms with van der Waals surface area (Å²) >= 11 is 0. The molecule has 0 spiro atoms. The topological polar surface area (TPSA) is 71.8 Å². The quantitative estimate of drug-likeness (QED) is 0.838. The van der Waals surface area contributed by atoms with Crippen molar-refractivity contribution in [2.24, 2.45) is 11.7 Å². The summed E-state index contributed by atoms with van der Waals surface area (Å²) in [5.74, 6) is -0.409. The van der Waals surface area contributed by atoms with Crippen LogP contribution >= 0.6 is 0 Å². The number of benzene rings is 1. The van der Waals surface area contributed by atoms with Gasteiger partial charge in [0.1, 0.15) is 0 Å². The Morgan fingerprint density at radius 3 is 2.94 bits per heavy atom. The number of H-pyrrole nitrogens is 1. The first-order chi connectivity index (χ1) is 8.16. The van der Waals surface area contributed by atoms with Crippen molar-refractivity contribution in [3.8, 4) is 11.1 Å². The first kappa shape index (κ1) is 11.4. The zero-order valence-corrected chi connectivity index (χ0v) is 9.68. The van der Waals surface area contributed by atoms with E-state index in [1.54, 1.807) is 6.20 Å². The van der Waals surface area contributed by atoms with E-state index < -0.39 is 0 Å². The van der Waals surface area contributed by atoms with Gasteiger partial charge in [0.15, 0.2) is 0 Å². The minimum atomic E-state index is -0.265. The molecule has 0 aliphatic heterocycles. The van der Waals surface area contributed by atoms with Gasteiger partial charge in [0.25, 0.3) is 0 Å². The molecule has 0 bridgehead atoms. The van der Waals surface area contributed by atoms with E-state index >= 15 is 0 Å². The average Bonchev–Trinajstić information content (AvgIpc) is 2.82. The Bertz CT molecular complexity index is 505. The molecule has 1 amide bonds. The van der Waals surface area contributed by atoms with Crippen LogP contribution in [0.15, 0.2) is 36.7 Å². The van der Waals surface area contributed by atoms with Crippen LogP contribution < -0.4 is 5.73 Å². The van der Waals surface area contributed by atoms with Gasteiger partial charge in [0.2, 0.25) is 5.91 Å². The van der Waals surface area contributed by atoms with E-state index in [0.717, 1.165) is 16.7 Å². The third kappa shape index (κ3) is 2.72. The molecule has 0 saturated heterocycles. The van der Waals surface area contributed by atoms with Gasteiger partial charge in [0.05, 0.1) is 6.20 Å². The number of hydrogen-bond acceptors (Lipinski definition) is 2. The van der Waals surface area contributed by atoms with Crippen LogP contribution in [0.2, 0.25) is 0 Å². The van der Waals surface area contributed by atoms with E-state index in [4.69, 9.17) is 5.73 Å². The summed E-state index contributed by atoms with van der Waals surface area (Å²) in [6, 6.07) is 8.06. The van der Waals surface area contributed by atoms with E-state index in [9.17, 15) is 4.79 Å². The molecule has 2 aromatic rings. The number of rotatable bonds is 4. The van der Waals surface area contributed by atoms with Gasteiger partial charge in [-0.15, -0.1) is 0 Å². The average molecular weight is 229 g/mol. The SMILES string of the molecule is C[C@H](Cc1cccc(-c2cn[nH]c2)c1)C(N)=O. The minimum absolute atomic E-state index is 0.144. The number of carbonyl (C=O) groups excluding carboxylic acids is 1. The molecule has 3 N–H and O–H groups in total. The van der Waals surface area contributed by atoms with Crippen molar-refractivity contribution in [1.82, 2.24) is 10.2 Å². The number of nitrogens with two attached hydrogens (primary N) is 1. The van der Waals surface area contributed by atoms with Crippen LogP contribution in [0, 0.1) is 5.92 Å². The molecule has 17 heavy (non-hydrogen) atoms. The molecular formula is C13H15N3O. The highest BCUT2D eigenvalue weighted by Crippen LogP contribution is 2.20. The number of hydrogen-bond donors (Lipinski definition) is 2. The number of nitrogens with zero attached hydrogens (tertiary/aromatic N) is 1. The highest BCUT2D eigenvalue weighted by Gasteiger charge is 2.10. The van der Waals surface area contributed by atoms with Crippen LogP contribution in [0.25, 0.3) is 11.1 Å². The van der Waals surface area contributed by atoms with Crippen molar-refractivity contribution >= 4 is 5.91 Å². The number of carbonyl (C=O) groups is 1. The predicted molar refractivity (Wildman–Crippen MR) is 66.1 cm³/mol. The smallest absolute Gasteiger partial charge is 0.220 e. The number of nitrogens with one attached hydrogen (secondary N) is 1. The van der Waals surface area contributed by atoms with Crippen molar-refractivity contribution in [2.45, 2.75) is 13.3 Å². The zero-order valence-electron chi connectivity index (χ0n) is 9.68. The second-order valence-electron chi connectivity index (χ2n) is 4.19. The Kier molecular flexibility index (Phi) is 3.23. The molecule has 1 heterocycles. The second kappa shape index (κ2) is 4.82. The minimum Gasteiger partial charge on any atom is -0.369 e. The Labute approximate surface area is 99.8 Å². The lowest BCUT2D eigenvalue weighted by Gasteiger charge is -2.08. The molecule has 0 unspecified atom stereocenters. The van der Waals surface area contributed by atoms with Crippen LogP contribution in [-0.4, -0.2) is 16.1 Å². The zero-order chi connectivity index (χ0) is 12.3. The lowest BCUT2D eigenvalue weighted by molar-refractivity contribution is -0.121. The summed E-state index contributed by atoms with van der Waals surface area (Å²) in [6.45, 7) is 1.84. The van der Waals surface area contributed by atoms with E-state index in [-0.39, 0.29) is 11.8 Å². The molecule has 0 radical (unpaired) electrons. The van der Waals surface area contributed by atoms with Gasteiger partial charge in [-0.2, -0.15) is 5.10 Å². The van der Waals surface area contributed by atoms with Gasteiger partial charge >= 0.3 is 0 Å². The Hall–Kier alpha value is -2.10. The first-order valence-corrected chi connectivity index (χ1v) is 5.54. The van der Waals surface area contributed by atoms with Crippen LogP contribution in [0.4, 0.5) is 0 Å². The molecule has 2 rings (SSSR count). The lowest BCUT2D eigenvalue weighted by Crippen LogP contribution is -2.22. The third-order valence-corrected chi connectivity index (χ3v) is 2.79. The summed E-state index contributed by atoms with van der Waals surface area (Å²) in [6.07, 6.45) is 4.29. The Balaban J connectivity index is 2.20.